The molecule has 27 heavy (non-hydrogen) atoms. The summed E-state index contributed by atoms with van der Waals surface area (Å²) in [4.78, 5) is 27.2. The van der Waals surface area contributed by atoms with Crippen LogP contribution in [0.5, 0.6) is 0 Å². The van der Waals surface area contributed by atoms with E-state index in [-0.39, 0.29) is 29.6 Å². The molecule has 1 aliphatic carbocycles. The first-order chi connectivity index (χ1) is 13.0. The highest BCUT2D eigenvalue weighted by Crippen LogP contribution is 2.27. The SMILES string of the molecule is CCCCN(C(=O)CCl)[C@@H](C(=O)NC1CCC(C)CC1)c1ccc(F)cc1. The third-order valence-electron chi connectivity index (χ3n) is 5.30. The largest absolute Gasteiger partial charge is 0.351 e. The molecule has 0 unspecified atom stereocenters. The van der Waals surface area contributed by atoms with Crippen molar-refractivity contribution in [2.45, 2.75) is 64.5 Å². The third kappa shape index (κ3) is 6.20. The van der Waals surface area contributed by atoms with Gasteiger partial charge in [0.05, 0.1) is 0 Å². The summed E-state index contributed by atoms with van der Waals surface area (Å²) in [6.07, 6.45) is 5.74. The molecule has 0 aliphatic heterocycles. The van der Waals surface area contributed by atoms with Crippen molar-refractivity contribution >= 4 is 23.4 Å². The van der Waals surface area contributed by atoms with Crippen LogP contribution in [0.15, 0.2) is 24.3 Å². The molecule has 0 heterocycles. The van der Waals surface area contributed by atoms with Crippen LogP contribution in [0.1, 0.15) is 64.0 Å². The fourth-order valence-electron chi connectivity index (χ4n) is 3.61. The Kier molecular flexibility index (Phi) is 8.55. The predicted molar refractivity (Wildman–Crippen MR) is 106 cm³/mol. The number of benzene rings is 1. The molecule has 0 bridgehead atoms. The van der Waals surface area contributed by atoms with E-state index in [0.717, 1.165) is 38.5 Å². The van der Waals surface area contributed by atoms with Crippen molar-refractivity contribution in [1.82, 2.24) is 10.2 Å². The minimum absolute atomic E-state index is 0.121. The Morgan fingerprint density at radius 2 is 1.85 bits per heavy atom. The van der Waals surface area contributed by atoms with Gasteiger partial charge in [0, 0.05) is 12.6 Å². The average molecular weight is 397 g/mol. The smallest absolute Gasteiger partial charge is 0.247 e. The second-order valence-corrected chi connectivity index (χ2v) is 7.76. The van der Waals surface area contributed by atoms with E-state index >= 15 is 0 Å². The minimum Gasteiger partial charge on any atom is -0.351 e. The fourth-order valence-corrected chi connectivity index (χ4v) is 3.76. The van der Waals surface area contributed by atoms with E-state index in [2.05, 4.69) is 12.2 Å². The van der Waals surface area contributed by atoms with E-state index < -0.39 is 6.04 Å². The zero-order valence-electron chi connectivity index (χ0n) is 16.2. The van der Waals surface area contributed by atoms with Crippen LogP contribution in [0.4, 0.5) is 4.39 Å². The van der Waals surface area contributed by atoms with Crippen LogP contribution < -0.4 is 5.32 Å². The van der Waals surface area contributed by atoms with Crippen LogP contribution >= 0.6 is 11.6 Å². The van der Waals surface area contributed by atoms with Crippen molar-refractivity contribution in [2.75, 3.05) is 12.4 Å². The van der Waals surface area contributed by atoms with Crippen LogP contribution in [0.3, 0.4) is 0 Å². The summed E-state index contributed by atoms with van der Waals surface area (Å²) in [6.45, 7) is 4.70. The minimum atomic E-state index is -0.789. The Bertz CT molecular complexity index is 615. The lowest BCUT2D eigenvalue weighted by Gasteiger charge is -2.34. The van der Waals surface area contributed by atoms with Gasteiger partial charge in [-0.25, -0.2) is 4.39 Å². The van der Waals surface area contributed by atoms with Gasteiger partial charge in [-0.05, 0) is 55.7 Å². The van der Waals surface area contributed by atoms with Crippen molar-refractivity contribution < 1.29 is 14.0 Å². The quantitative estimate of drug-likeness (QED) is 0.661. The number of nitrogens with one attached hydrogen (secondary N) is 1. The standard InChI is InChI=1S/C21H30ClFN2O2/c1-3-4-13-25(19(26)14-22)20(16-7-9-17(23)10-8-16)21(27)24-18-11-5-15(2)6-12-18/h7-10,15,18,20H,3-6,11-14H2,1-2H3,(H,24,27)/t15?,18?,20-/m1/s1. The third-order valence-corrected chi connectivity index (χ3v) is 5.52. The van der Waals surface area contributed by atoms with Crippen molar-refractivity contribution in [3.63, 3.8) is 0 Å². The van der Waals surface area contributed by atoms with E-state index in [1.54, 1.807) is 12.1 Å². The van der Waals surface area contributed by atoms with Crippen molar-refractivity contribution in [3.8, 4) is 0 Å². The number of nitrogens with zero attached hydrogens (tertiary/aromatic N) is 1. The number of hydrogen-bond donors (Lipinski definition) is 1. The zero-order valence-corrected chi connectivity index (χ0v) is 17.0. The van der Waals surface area contributed by atoms with E-state index in [9.17, 15) is 14.0 Å². The molecule has 1 aromatic carbocycles. The fraction of sp³-hybridized carbons (Fsp3) is 0.619. The number of unbranched alkanes of at least 4 members (excludes halogenated alkanes) is 1. The van der Waals surface area contributed by atoms with Gasteiger partial charge in [0.1, 0.15) is 17.7 Å². The topological polar surface area (TPSA) is 49.4 Å². The summed E-state index contributed by atoms with van der Waals surface area (Å²) >= 11 is 5.81. The lowest BCUT2D eigenvalue weighted by molar-refractivity contribution is -0.139. The highest BCUT2D eigenvalue weighted by Gasteiger charge is 2.32. The van der Waals surface area contributed by atoms with E-state index in [1.807, 2.05) is 6.92 Å². The van der Waals surface area contributed by atoms with Crippen LogP contribution in [-0.2, 0) is 9.59 Å². The Hall–Kier alpha value is -1.62. The lowest BCUT2D eigenvalue weighted by atomic mass is 9.87. The van der Waals surface area contributed by atoms with Gasteiger partial charge in [-0.2, -0.15) is 0 Å². The molecule has 1 atom stereocenters. The molecule has 0 saturated heterocycles. The van der Waals surface area contributed by atoms with Gasteiger partial charge in [0.15, 0.2) is 0 Å². The molecule has 150 valence electrons. The summed E-state index contributed by atoms with van der Waals surface area (Å²) < 4.78 is 13.4. The summed E-state index contributed by atoms with van der Waals surface area (Å²) in [5, 5.41) is 3.12. The number of alkyl halides is 1. The number of amides is 2. The molecular formula is C21H30ClFN2O2. The Balaban J connectivity index is 2.25. The predicted octanol–water partition coefficient (Wildman–Crippen LogP) is 4.43. The summed E-state index contributed by atoms with van der Waals surface area (Å²) in [6, 6.07) is 5.12. The zero-order chi connectivity index (χ0) is 19.8. The summed E-state index contributed by atoms with van der Waals surface area (Å²) in [7, 11) is 0. The Morgan fingerprint density at radius 3 is 2.41 bits per heavy atom. The molecule has 0 radical (unpaired) electrons. The maximum Gasteiger partial charge on any atom is 0.247 e. The molecule has 0 aromatic heterocycles. The van der Waals surface area contributed by atoms with Crippen LogP contribution in [0.25, 0.3) is 0 Å². The van der Waals surface area contributed by atoms with Gasteiger partial charge in [-0.15, -0.1) is 11.6 Å². The van der Waals surface area contributed by atoms with Crippen LogP contribution in [-0.4, -0.2) is 35.2 Å². The Labute approximate surface area is 166 Å². The highest BCUT2D eigenvalue weighted by atomic mass is 35.5. The summed E-state index contributed by atoms with van der Waals surface area (Å²) in [5.41, 5.74) is 0.604. The second-order valence-electron chi connectivity index (χ2n) is 7.49. The molecule has 1 aliphatic rings. The number of carbonyl (C=O) groups excluding carboxylic acids is 2. The first-order valence-corrected chi connectivity index (χ1v) is 10.4. The molecule has 2 rings (SSSR count). The maximum absolute atomic E-state index is 13.4. The number of hydrogen-bond acceptors (Lipinski definition) is 2. The second kappa shape index (κ2) is 10.6. The molecular weight excluding hydrogens is 367 g/mol. The molecule has 0 spiro atoms. The van der Waals surface area contributed by atoms with Gasteiger partial charge in [0.25, 0.3) is 0 Å². The first-order valence-electron chi connectivity index (χ1n) is 9.87. The van der Waals surface area contributed by atoms with Crippen molar-refractivity contribution in [2.24, 2.45) is 5.92 Å². The molecule has 1 saturated carbocycles. The molecule has 1 aromatic rings. The normalized spacial score (nSPS) is 20.7. The molecule has 1 N–H and O–H groups in total. The first kappa shape index (κ1) is 21.7. The van der Waals surface area contributed by atoms with Gasteiger partial charge >= 0.3 is 0 Å². The van der Waals surface area contributed by atoms with E-state index in [1.165, 1.54) is 17.0 Å². The van der Waals surface area contributed by atoms with Crippen LogP contribution in [0.2, 0.25) is 0 Å². The number of rotatable bonds is 8. The summed E-state index contributed by atoms with van der Waals surface area (Å²) in [5.74, 6) is -0.370. The molecule has 2 amide bonds. The van der Waals surface area contributed by atoms with Gasteiger partial charge in [0.2, 0.25) is 11.8 Å². The van der Waals surface area contributed by atoms with Gasteiger partial charge in [-0.1, -0.05) is 32.4 Å². The highest BCUT2D eigenvalue weighted by molar-refractivity contribution is 6.27. The van der Waals surface area contributed by atoms with Gasteiger partial charge in [-0.3, -0.25) is 9.59 Å². The molecule has 4 nitrogen and oxygen atoms in total. The monoisotopic (exact) mass is 396 g/mol. The van der Waals surface area contributed by atoms with E-state index in [0.29, 0.717) is 18.0 Å². The van der Waals surface area contributed by atoms with E-state index in [4.69, 9.17) is 11.6 Å². The number of halogens is 2. The van der Waals surface area contributed by atoms with Crippen molar-refractivity contribution in [1.29, 1.82) is 0 Å². The number of carbonyl (C=O) groups is 2. The Morgan fingerprint density at radius 1 is 1.22 bits per heavy atom. The molecule has 1 fully saturated rings. The molecule has 6 heteroatoms. The van der Waals surface area contributed by atoms with Gasteiger partial charge < -0.3 is 10.2 Å². The maximum atomic E-state index is 13.4. The van der Waals surface area contributed by atoms with Crippen LogP contribution in [0, 0.1) is 11.7 Å². The van der Waals surface area contributed by atoms with Crippen molar-refractivity contribution in [3.05, 3.63) is 35.6 Å². The average Bonchev–Trinajstić information content (AvgIpc) is 2.67. The lowest BCUT2D eigenvalue weighted by Crippen LogP contribution is -2.48.